The lowest BCUT2D eigenvalue weighted by Crippen LogP contribution is -2.38. The molecule has 3 nitrogen and oxygen atoms in total. The lowest BCUT2D eigenvalue weighted by atomic mass is 10.2. The molecule has 0 aromatic rings. The molecule has 0 spiro atoms. The van der Waals surface area contributed by atoms with Crippen molar-refractivity contribution in [2.24, 2.45) is 0 Å². The fourth-order valence-electron chi connectivity index (χ4n) is 0.462. The maximum Gasteiger partial charge on any atom is 0.407 e. The van der Waals surface area contributed by atoms with E-state index < -0.39 is 11.5 Å². The van der Waals surface area contributed by atoms with Gasteiger partial charge in [0.05, 0.1) is 13.2 Å². The van der Waals surface area contributed by atoms with E-state index in [0.717, 1.165) is 0 Å². The summed E-state index contributed by atoms with van der Waals surface area (Å²) in [5.74, 6) is 2.29. The maximum absolute atomic E-state index is 10.6. The fraction of sp³-hybridized carbons (Fsp3) is 0.571. The third-order valence-electron chi connectivity index (χ3n) is 1.13. The van der Waals surface area contributed by atoms with Crippen LogP contribution in [0.2, 0.25) is 0 Å². The Morgan fingerprint density at radius 3 is 2.73 bits per heavy atom. The summed E-state index contributed by atoms with van der Waals surface area (Å²) in [7, 11) is 1.28. The van der Waals surface area contributed by atoms with Gasteiger partial charge in [-0.3, -0.25) is 0 Å². The molecule has 11 heavy (non-hydrogen) atoms. The first kappa shape index (κ1) is 10.1. The van der Waals surface area contributed by atoms with Crippen LogP contribution in [0.5, 0.6) is 0 Å². The lowest BCUT2D eigenvalue weighted by Gasteiger charge is -2.13. The van der Waals surface area contributed by atoms with Crippen LogP contribution < -0.4 is 5.32 Å². The van der Waals surface area contributed by atoms with E-state index in [-0.39, 0.29) is 6.04 Å². The van der Waals surface area contributed by atoms with Crippen molar-refractivity contribution in [3.05, 3.63) is 0 Å². The number of alkyl halides is 1. The molecule has 0 radical (unpaired) electrons. The SMILES string of the molecule is C#C[C@H](Cl)[C@H](C)NC(=O)OC. The highest BCUT2D eigenvalue weighted by molar-refractivity contribution is 6.23. The topological polar surface area (TPSA) is 38.3 Å². The van der Waals surface area contributed by atoms with Crippen LogP contribution in [0.1, 0.15) is 6.92 Å². The molecule has 0 aliphatic carbocycles. The number of terminal acetylenes is 1. The summed E-state index contributed by atoms with van der Waals surface area (Å²) in [6.07, 6.45) is 4.49. The molecule has 0 rings (SSSR count). The minimum absolute atomic E-state index is 0.283. The smallest absolute Gasteiger partial charge is 0.407 e. The fourth-order valence-corrected chi connectivity index (χ4v) is 0.525. The zero-order chi connectivity index (χ0) is 8.85. The molecular formula is C7H10ClNO2. The Labute approximate surface area is 71.1 Å². The van der Waals surface area contributed by atoms with E-state index in [4.69, 9.17) is 18.0 Å². The summed E-state index contributed by atoms with van der Waals surface area (Å²) < 4.78 is 4.34. The van der Waals surface area contributed by atoms with E-state index >= 15 is 0 Å². The van der Waals surface area contributed by atoms with Crippen LogP contribution in [-0.4, -0.2) is 24.6 Å². The van der Waals surface area contributed by atoms with Crippen molar-refractivity contribution >= 4 is 17.7 Å². The number of methoxy groups -OCH3 is 1. The van der Waals surface area contributed by atoms with Crippen molar-refractivity contribution in [1.82, 2.24) is 5.32 Å². The maximum atomic E-state index is 10.6. The summed E-state index contributed by atoms with van der Waals surface area (Å²) in [6, 6.07) is -0.283. The number of amides is 1. The Balaban J connectivity index is 3.79. The van der Waals surface area contributed by atoms with E-state index in [9.17, 15) is 4.79 Å². The van der Waals surface area contributed by atoms with Gasteiger partial charge in [0.15, 0.2) is 0 Å². The second-order valence-corrected chi connectivity index (χ2v) is 2.46. The second kappa shape index (κ2) is 4.86. The van der Waals surface area contributed by atoms with Gasteiger partial charge in [-0.15, -0.1) is 18.0 Å². The van der Waals surface area contributed by atoms with Gasteiger partial charge in [-0.2, -0.15) is 0 Å². The number of hydrogen-bond donors (Lipinski definition) is 1. The van der Waals surface area contributed by atoms with E-state index in [0.29, 0.717) is 0 Å². The third-order valence-corrected chi connectivity index (χ3v) is 1.63. The molecule has 0 fully saturated rings. The lowest BCUT2D eigenvalue weighted by molar-refractivity contribution is 0.168. The minimum Gasteiger partial charge on any atom is -0.453 e. The van der Waals surface area contributed by atoms with Crippen LogP contribution in [0, 0.1) is 12.3 Å². The Kier molecular flexibility index (Phi) is 4.47. The summed E-state index contributed by atoms with van der Waals surface area (Å²) in [5.41, 5.74) is 0. The van der Waals surface area contributed by atoms with Crippen LogP contribution >= 0.6 is 11.6 Å². The summed E-state index contributed by atoms with van der Waals surface area (Å²) >= 11 is 5.61. The average molecular weight is 176 g/mol. The number of nitrogens with one attached hydrogen (secondary N) is 1. The zero-order valence-corrected chi connectivity index (χ0v) is 7.18. The van der Waals surface area contributed by atoms with Crippen molar-refractivity contribution in [2.45, 2.75) is 18.3 Å². The highest BCUT2D eigenvalue weighted by Gasteiger charge is 2.13. The predicted octanol–water partition coefficient (Wildman–Crippen LogP) is 0.972. The average Bonchev–Trinajstić information content (AvgIpc) is 2.02. The van der Waals surface area contributed by atoms with E-state index in [2.05, 4.69) is 16.0 Å². The van der Waals surface area contributed by atoms with Gasteiger partial charge in [-0.25, -0.2) is 4.79 Å². The van der Waals surface area contributed by atoms with Crippen molar-refractivity contribution in [1.29, 1.82) is 0 Å². The first-order chi connectivity index (χ1) is 5.11. The molecule has 0 unspecified atom stereocenters. The number of carbonyl (C=O) groups is 1. The van der Waals surface area contributed by atoms with Crippen molar-refractivity contribution in [3.63, 3.8) is 0 Å². The van der Waals surface area contributed by atoms with Crippen LogP contribution in [-0.2, 0) is 4.74 Å². The van der Waals surface area contributed by atoms with Gasteiger partial charge in [0.1, 0.15) is 5.38 Å². The van der Waals surface area contributed by atoms with Gasteiger partial charge in [-0.05, 0) is 6.92 Å². The highest BCUT2D eigenvalue weighted by atomic mass is 35.5. The van der Waals surface area contributed by atoms with E-state index in [1.54, 1.807) is 6.92 Å². The number of alkyl carbamates (subject to hydrolysis) is 1. The molecule has 0 aliphatic heterocycles. The Morgan fingerprint density at radius 1 is 1.82 bits per heavy atom. The van der Waals surface area contributed by atoms with Gasteiger partial charge in [0.2, 0.25) is 0 Å². The first-order valence-electron chi connectivity index (χ1n) is 3.06. The van der Waals surface area contributed by atoms with E-state index in [1.807, 2.05) is 0 Å². The Hall–Kier alpha value is -0.880. The Bertz CT molecular complexity index is 176. The van der Waals surface area contributed by atoms with Crippen LogP contribution in [0.3, 0.4) is 0 Å². The quantitative estimate of drug-likeness (QED) is 0.502. The van der Waals surface area contributed by atoms with Crippen molar-refractivity contribution in [3.8, 4) is 12.3 Å². The molecule has 2 atom stereocenters. The second-order valence-electron chi connectivity index (χ2n) is 1.99. The normalized spacial score (nSPS) is 14.4. The summed E-state index contributed by atoms with van der Waals surface area (Å²) in [6.45, 7) is 1.70. The van der Waals surface area contributed by atoms with Gasteiger partial charge in [-0.1, -0.05) is 5.92 Å². The Morgan fingerprint density at radius 2 is 2.36 bits per heavy atom. The largest absolute Gasteiger partial charge is 0.453 e. The molecule has 0 aromatic carbocycles. The van der Waals surface area contributed by atoms with Crippen LogP contribution in [0.25, 0.3) is 0 Å². The van der Waals surface area contributed by atoms with Crippen molar-refractivity contribution in [2.75, 3.05) is 7.11 Å². The number of hydrogen-bond acceptors (Lipinski definition) is 2. The first-order valence-corrected chi connectivity index (χ1v) is 3.50. The standard InChI is InChI=1S/C7H10ClNO2/c1-4-6(8)5(2)9-7(10)11-3/h1,5-6H,2-3H3,(H,9,10)/t5-,6-/m0/s1. The van der Waals surface area contributed by atoms with Crippen LogP contribution in [0.4, 0.5) is 4.79 Å². The number of ether oxygens (including phenoxy) is 1. The molecule has 0 heterocycles. The molecule has 0 saturated carbocycles. The van der Waals surface area contributed by atoms with E-state index in [1.165, 1.54) is 7.11 Å². The molecule has 1 amide bonds. The molecule has 0 aliphatic rings. The van der Waals surface area contributed by atoms with Crippen LogP contribution in [0.15, 0.2) is 0 Å². The number of halogens is 1. The summed E-state index contributed by atoms with van der Waals surface area (Å²) in [5, 5.41) is 1.94. The minimum atomic E-state index is -0.529. The third kappa shape index (κ3) is 3.74. The molecule has 62 valence electrons. The van der Waals surface area contributed by atoms with Gasteiger partial charge < -0.3 is 10.1 Å². The van der Waals surface area contributed by atoms with Gasteiger partial charge in [0.25, 0.3) is 0 Å². The predicted molar refractivity (Wildman–Crippen MR) is 43.5 cm³/mol. The molecule has 1 N–H and O–H groups in total. The van der Waals surface area contributed by atoms with Gasteiger partial charge >= 0.3 is 6.09 Å². The highest BCUT2D eigenvalue weighted by Crippen LogP contribution is 2.00. The number of rotatable bonds is 2. The molecule has 0 bridgehead atoms. The van der Waals surface area contributed by atoms with Crippen molar-refractivity contribution < 1.29 is 9.53 Å². The molecule has 0 saturated heterocycles. The number of carbonyl (C=O) groups excluding carboxylic acids is 1. The van der Waals surface area contributed by atoms with Gasteiger partial charge in [0, 0.05) is 0 Å². The zero-order valence-electron chi connectivity index (χ0n) is 6.43. The summed E-state index contributed by atoms with van der Waals surface area (Å²) in [4.78, 5) is 10.6. The molecule has 4 heteroatoms. The monoisotopic (exact) mass is 175 g/mol. The molecule has 0 aromatic heterocycles. The molecular weight excluding hydrogens is 166 g/mol.